The molecule has 0 atom stereocenters. The summed E-state index contributed by atoms with van der Waals surface area (Å²) in [6, 6.07) is 7.18. The number of esters is 1. The quantitative estimate of drug-likeness (QED) is 0.642. The highest BCUT2D eigenvalue weighted by Gasteiger charge is 2.17. The second-order valence-corrected chi connectivity index (χ2v) is 6.34. The fourth-order valence-electron chi connectivity index (χ4n) is 1.93. The van der Waals surface area contributed by atoms with E-state index in [9.17, 15) is 9.59 Å². The molecule has 1 aromatic carbocycles. The maximum absolute atomic E-state index is 12.1. The Hall–Kier alpha value is -2.32. The molecule has 0 unspecified atom stereocenters. The van der Waals surface area contributed by atoms with Crippen molar-refractivity contribution in [1.82, 2.24) is 10.3 Å². The van der Waals surface area contributed by atoms with Crippen LogP contribution in [0.3, 0.4) is 0 Å². The van der Waals surface area contributed by atoms with E-state index >= 15 is 0 Å². The molecule has 1 amide bonds. The van der Waals surface area contributed by atoms with Crippen molar-refractivity contribution in [2.75, 3.05) is 11.9 Å². The molecule has 0 saturated heterocycles. The third kappa shape index (κ3) is 4.59. The van der Waals surface area contributed by atoms with Crippen LogP contribution in [0.4, 0.5) is 5.13 Å². The number of thiazole rings is 1. The molecule has 126 valence electrons. The van der Waals surface area contributed by atoms with Crippen molar-refractivity contribution in [3.63, 3.8) is 0 Å². The van der Waals surface area contributed by atoms with E-state index in [2.05, 4.69) is 15.6 Å². The first-order valence-corrected chi connectivity index (χ1v) is 8.46. The predicted molar refractivity (Wildman–Crippen MR) is 97.7 cm³/mol. The van der Waals surface area contributed by atoms with Gasteiger partial charge in [0.25, 0.3) is 5.91 Å². The highest BCUT2D eigenvalue weighted by Crippen LogP contribution is 2.23. The SMILES string of the molecule is CCOC(=O)c1sc(NC(=S)NC(=O)c2cccc(C)c2)nc1C. The molecule has 0 aliphatic heterocycles. The smallest absolute Gasteiger partial charge is 0.350 e. The third-order valence-electron chi connectivity index (χ3n) is 2.99. The molecule has 0 radical (unpaired) electrons. The van der Waals surface area contributed by atoms with E-state index in [0.29, 0.717) is 27.9 Å². The number of thiocarbonyl (C=S) groups is 1. The number of anilines is 1. The zero-order chi connectivity index (χ0) is 17.7. The molecular weight excluding hydrogens is 346 g/mol. The molecule has 2 N–H and O–H groups in total. The predicted octanol–water partition coefficient (Wildman–Crippen LogP) is 3.06. The number of ether oxygens (including phenoxy) is 1. The first-order valence-electron chi connectivity index (χ1n) is 7.24. The maximum atomic E-state index is 12.1. The van der Waals surface area contributed by atoms with Crippen molar-refractivity contribution in [2.45, 2.75) is 20.8 Å². The van der Waals surface area contributed by atoms with Crippen LogP contribution in [0.2, 0.25) is 0 Å². The topological polar surface area (TPSA) is 80.3 Å². The lowest BCUT2D eigenvalue weighted by atomic mass is 10.1. The molecule has 24 heavy (non-hydrogen) atoms. The summed E-state index contributed by atoms with van der Waals surface area (Å²) in [6.07, 6.45) is 0. The Labute approximate surface area is 149 Å². The normalized spacial score (nSPS) is 10.1. The molecule has 2 aromatic rings. The number of hydrogen-bond donors (Lipinski definition) is 2. The molecule has 8 heteroatoms. The van der Waals surface area contributed by atoms with E-state index in [1.54, 1.807) is 32.0 Å². The van der Waals surface area contributed by atoms with Crippen molar-refractivity contribution in [2.24, 2.45) is 0 Å². The maximum Gasteiger partial charge on any atom is 0.350 e. The Bertz CT molecular complexity index is 787. The van der Waals surface area contributed by atoms with E-state index in [4.69, 9.17) is 17.0 Å². The second-order valence-electron chi connectivity index (χ2n) is 4.93. The van der Waals surface area contributed by atoms with E-state index in [1.165, 1.54) is 0 Å². The molecule has 0 aliphatic carbocycles. The lowest BCUT2D eigenvalue weighted by Crippen LogP contribution is -2.34. The average Bonchev–Trinajstić information content (AvgIpc) is 2.87. The zero-order valence-corrected chi connectivity index (χ0v) is 15.1. The largest absolute Gasteiger partial charge is 0.462 e. The summed E-state index contributed by atoms with van der Waals surface area (Å²) in [5, 5.41) is 5.94. The van der Waals surface area contributed by atoms with Gasteiger partial charge in [0.15, 0.2) is 10.2 Å². The molecule has 0 aliphatic rings. The van der Waals surface area contributed by atoms with Gasteiger partial charge >= 0.3 is 5.97 Å². The monoisotopic (exact) mass is 363 g/mol. The van der Waals surface area contributed by atoms with Crippen LogP contribution < -0.4 is 10.6 Å². The minimum absolute atomic E-state index is 0.116. The number of aromatic nitrogens is 1. The fourth-order valence-corrected chi connectivity index (χ4v) is 3.04. The number of nitrogens with one attached hydrogen (secondary N) is 2. The third-order valence-corrected chi connectivity index (χ3v) is 4.24. The van der Waals surface area contributed by atoms with E-state index in [0.717, 1.165) is 16.9 Å². The van der Waals surface area contributed by atoms with Gasteiger partial charge in [-0.3, -0.25) is 10.1 Å². The number of amides is 1. The van der Waals surface area contributed by atoms with Crippen LogP contribution >= 0.6 is 23.6 Å². The van der Waals surface area contributed by atoms with Gasteiger partial charge < -0.3 is 10.1 Å². The summed E-state index contributed by atoms with van der Waals surface area (Å²) in [4.78, 5) is 28.5. The number of rotatable bonds is 4. The molecule has 1 aromatic heterocycles. The van der Waals surface area contributed by atoms with Gasteiger partial charge in [-0.25, -0.2) is 9.78 Å². The van der Waals surface area contributed by atoms with Gasteiger partial charge in [-0.2, -0.15) is 0 Å². The van der Waals surface area contributed by atoms with Gasteiger partial charge in [-0.1, -0.05) is 29.0 Å². The molecular formula is C16H17N3O3S2. The van der Waals surface area contributed by atoms with Crippen LogP contribution in [0.5, 0.6) is 0 Å². The minimum atomic E-state index is -0.421. The highest BCUT2D eigenvalue weighted by molar-refractivity contribution is 7.80. The van der Waals surface area contributed by atoms with Gasteiger partial charge in [0, 0.05) is 5.56 Å². The van der Waals surface area contributed by atoms with Gasteiger partial charge in [0.2, 0.25) is 0 Å². The van der Waals surface area contributed by atoms with Crippen LogP contribution in [0.15, 0.2) is 24.3 Å². The zero-order valence-electron chi connectivity index (χ0n) is 13.5. The van der Waals surface area contributed by atoms with Gasteiger partial charge in [-0.15, -0.1) is 0 Å². The molecule has 6 nitrogen and oxygen atoms in total. The number of benzene rings is 1. The average molecular weight is 363 g/mol. The van der Waals surface area contributed by atoms with Crippen molar-refractivity contribution in [3.05, 3.63) is 46.0 Å². The first-order chi connectivity index (χ1) is 11.4. The van der Waals surface area contributed by atoms with Crippen LogP contribution in [0.25, 0.3) is 0 Å². The van der Waals surface area contributed by atoms with Crippen LogP contribution in [0, 0.1) is 13.8 Å². The van der Waals surface area contributed by atoms with E-state index < -0.39 is 5.97 Å². The van der Waals surface area contributed by atoms with Crippen LogP contribution in [-0.2, 0) is 4.74 Å². The summed E-state index contributed by atoms with van der Waals surface area (Å²) in [7, 11) is 0. The Kier molecular flexibility index (Phi) is 5.99. The Balaban J connectivity index is 2.01. The van der Waals surface area contributed by atoms with Crippen LogP contribution in [-0.4, -0.2) is 28.6 Å². The van der Waals surface area contributed by atoms with Crippen molar-refractivity contribution >= 4 is 45.7 Å². The molecule has 0 saturated carbocycles. The van der Waals surface area contributed by atoms with Gasteiger partial charge in [-0.05, 0) is 45.1 Å². The number of hydrogen-bond acceptors (Lipinski definition) is 6. The lowest BCUT2D eigenvalue weighted by molar-refractivity contribution is 0.0531. The standard InChI is InChI=1S/C16H17N3O3S2/c1-4-22-14(21)12-10(3)17-16(24-12)19-15(23)18-13(20)11-7-5-6-9(2)8-11/h5-8H,4H2,1-3H3,(H2,17,18,19,20,23). The van der Waals surface area contributed by atoms with Gasteiger partial charge in [0.05, 0.1) is 12.3 Å². The van der Waals surface area contributed by atoms with E-state index in [1.807, 2.05) is 13.0 Å². The molecule has 2 rings (SSSR count). The second kappa shape index (κ2) is 7.98. The first kappa shape index (κ1) is 18.0. The summed E-state index contributed by atoms with van der Waals surface area (Å²) in [6.45, 7) is 5.65. The molecule has 1 heterocycles. The summed E-state index contributed by atoms with van der Waals surface area (Å²) in [5.41, 5.74) is 2.05. The lowest BCUT2D eigenvalue weighted by Gasteiger charge is -2.07. The number of carbonyl (C=O) groups excluding carboxylic acids is 2. The van der Waals surface area contributed by atoms with Crippen molar-refractivity contribution in [3.8, 4) is 0 Å². The fraction of sp³-hybridized carbons (Fsp3) is 0.250. The van der Waals surface area contributed by atoms with Crippen molar-refractivity contribution in [1.29, 1.82) is 0 Å². The molecule has 0 fully saturated rings. The Morgan fingerprint density at radius 1 is 1.33 bits per heavy atom. The summed E-state index contributed by atoms with van der Waals surface area (Å²) < 4.78 is 4.96. The Morgan fingerprint density at radius 2 is 2.08 bits per heavy atom. The van der Waals surface area contributed by atoms with Gasteiger partial charge in [0.1, 0.15) is 4.88 Å². The van der Waals surface area contributed by atoms with E-state index in [-0.39, 0.29) is 11.0 Å². The number of aryl methyl sites for hydroxylation is 2. The molecule has 0 bridgehead atoms. The minimum Gasteiger partial charge on any atom is -0.462 e. The Morgan fingerprint density at radius 3 is 2.75 bits per heavy atom. The molecule has 0 spiro atoms. The summed E-state index contributed by atoms with van der Waals surface area (Å²) in [5.74, 6) is -0.731. The number of nitrogens with zero attached hydrogens (tertiary/aromatic N) is 1. The van der Waals surface area contributed by atoms with Crippen LogP contribution in [0.1, 0.15) is 38.2 Å². The van der Waals surface area contributed by atoms with Crippen molar-refractivity contribution < 1.29 is 14.3 Å². The number of carbonyl (C=O) groups is 2. The summed E-state index contributed by atoms with van der Waals surface area (Å²) >= 11 is 6.25. The highest BCUT2D eigenvalue weighted by atomic mass is 32.1.